The van der Waals surface area contributed by atoms with Crippen molar-refractivity contribution in [1.82, 2.24) is 14.9 Å². The van der Waals surface area contributed by atoms with Crippen LogP contribution in [0.3, 0.4) is 0 Å². The summed E-state index contributed by atoms with van der Waals surface area (Å²) in [5.74, 6) is 0.668. The van der Waals surface area contributed by atoms with E-state index in [1.165, 1.54) is 6.20 Å². The van der Waals surface area contributed by atoms with Crippen LogP contribution < -0.4 is 4.90 Å². The van der Waals surface area contributed by atoms with E-state index < -0.39 is 0 Å². The normalized spacial score (nSPS) is 14.2. The highest BCUT2D eigenvalue weighted by molar-refractivity contribution is 5.69. The largest absolute Gasteiger partial charge is 0.448 e. The van der Waals surface area contributed by atoms with Crippen molar-refractivity contribution in [1.29, 1.82) is 5.26 Å². The minimum absolute atomic E-state index is 0.269. The number of hydrogen-bond acceptors (Lipinski definition) is 6. The van der Waals surface area contributed by atoms with Crippen LogP contribution in [0.2, 0.25) is 0 Å². The van der Waals surface area contributed by atoms with Gasteiger partial charge in [-0.05, 0) is 0 Å². The van der Waals surface area contributed by atoms with Crippen molar-refractivity contribution in [3.63, 3.8) is 0 Å². The molecule has 18 heavy (non-hydrogen) atoms. The van der Waals surface area contributed by atoms with E-state index in [4.69, 9.17) is 10.00 Å². The molecule has 1 amide bonds. The lowest BCUT2D eigenvalue weighted by Gasteiger charge is -2.20. The van der Waals surface area contributed by atoms with Crippen LogP contribution in [0.5, 0.6) is 0 Å². The summed E-state index contributed by atoms with van der Waals surface area (Å²) in [7, 11) is 1.86. The Labute approximate surface area is 105 Å². The van der Waals surface area contributed by atoms with Crippen LogP contribution in [0, 0.1) is 11.3 Å². The van der Waals surface area contributed by atoms with Crippen LogP contribution >= 0.6 is 0 Å². The maximum atomic E-state index is 11.2. The van der Waals surface area contributed by atoms with Crippen LogP contribution in [-0.4, -0.2) is 54.2 Å². The smallest absolute Gasteiger partial charge is 0.409 e. The van der Waals surface area contributed by atoms with Gasteiger partial charge in [0, 0.05) is 20.1 Å². The molecule has 0 saturated carbocycles. The lowest BCUT2D eigenvalue weighted by molar-refractivity contribution is 0.159. The van der Waals surface area contributed by atoms with Gasteiger partial charge in [-0.3, -0.25) is 0 Å². The molecule has 2 rings (SSSR count). The summed E-state index contributed by atoms with van der Waals surface area (Å²) in [5.41, 5.74) is 0.287. The third kappa shape index (κ3) is 2.66. The van der Waals surface area contributed by atoms with E-state index >= 15 is 0 Å². The highest BCUT2D eigenvalue weighted by atomic mass is 16.6. The van der Waals surface area contributed by atoms with E-state index in [2.05, 4.69) is 9.97 Å². The Morgan fingerprint density at radius 2 is 2.39 bits per heavy atom. The van der Waals surface area contributed by atoms with Gasteiger partial charge >= 0.3 is 6.09 Å². The molecule has 1 aromatic rings. The molecule has 0 aromatic carbocycles. The zero-order valence-corrected chi connectivity index (χ0v) is 10.0. The fourth-order valence-corrected chi connectivity index (χ4v) is 1.59. The Morgan fingerprint density at radius 3 is 2.94 bits per heavy atom. The Bertz CT molecular complexity index is 467. The van der Waals surface area contributed by atoms with Gasteiger partial charge in [-0.1, -0.05) is 0 Å². The SMILES string of the molecule is CN(CCN1CCOC1=O)c1cnc(C#N)cn1. The van der Waals surface area contributed by atoms with Crippen molar-refractivity contribution in [2.24, 2.45) is 0 Å². The third-order valence-electron chi connectivity index (χ3n) is 2.69. The summed E-state index contributed by atoms with van der Waals surface area (Å²) in [6, 6.07) is 1.91. The number of carbonyl (C=O) groups excluding carboxylic acids is 1. The summed E-state index contributed by atoms with van der Waals surface area (Å²) in [6.45, 7) is 2.30. The number of anilines is 1. The first-order valence-electron chi connectivity index (χ1n) is 5.55. The first-order valence-corrected chi connectivity index (χ1v) is 5.55. The van der Waals surface area contributed by atoms with Gasteiger partial charge in [0.15, 0.2) is 5.69 Å². The first-order chi connectivity index (χ1) is 8.70. The van der Waals surface area contributed by atoms with E-state index in [0.29, 0.717) is 32.1 Å². The molecule has 0 bridgehead atoms. The maximum Gasteiger partial charge on any atom is 0.409 e. The van der Waals surface area contributed by atoms with Crippen LogP contribution in [0.15, 0.2) is 12.4 Å². The van der Waals surface area contributed by atoms with Crippen molar-refractivity contribution in [3.8, 4) is 6.07 Å². The standard InChI is InChI=1S/C11H13N5O2/c1-15(2-3-16-4-5-18-11(16)17)10-8-13-9(6-12)7-14-10/h7-8H,2-5H2,1H3. The summed E-state index contributed by atoms with van der Waals surface area (Å²) in [6.07, 6.45) is 2.70. The molecule has 1 aliphatic heterocycles. The maximum absolute atomic E-state index is 11.2. The molecule has 0 unspecified atom stereocenters. The van der Waals surface area contributed by atoms with E-state index in [1.54, 1.807) is 11.1 Å². The van der Waals surface area contributed by atoms with Crippen molar-refractivity contribution in [3.05, 3.63) is 18.1 Å². The van der Waals surface area contributed by atoms with Crippen LogP contribution in [0.4, 0.5) is 10.6 Å². The summed E-state index contributed by atoms with van der Waals surface area (Å²) in [4.78, 5) is 22.8. The second-order valence-electron chi connectivity index (χ2n) is 3.89. The molecule has 0 N–H and O–H groups in total. The van der Waals surface area contributed by atoms with Crippen molar-refractivity contribution < 1.29 is 9.53 Å². The van der Waals surface area contributed by atoms with Crippen LogP contribution in [0.25, 0.3) is 0 Å². The van der Waals surface area contributed by atoms with Gasteiger partial charge in [-0.15, -0.1) is 0 Å². The van der Waals surface area contributed by atoms with Crippen molar-refractivity contribution >= 4 is 11.9 Å². The minimum Gasteiger partial charge on any atom is -0.448 e. The number of carbonyl (C=O) groups is 1. The number of amides is 1. The van der Waals surface area contributed by atoms with E-state index in [9.17, 15) is 4.79 Å². The monoisotopic (exact) mass is 247 g/mol. The molecule has 1 saturated heterocycles. The fourth-order valence-electron chi connectivity index (χ4n) is 1.59. The average Bonchev–Trinajstić information content (AvgIpc) is 2.81. The van der Waals surface area contributed by atoms with Crippen LogP contribution in [-0.2, 0) is 4.74 Å². The summed E-state index contributed by atoms with van der Waals surface area (Å²) < 4.78 is 4.84. The molecule has 2 heterocycles. The lowest BCUT2D eigenvalue weighted by atomic mass is 10.4. The number of hydrogen-bond donors (Lipinski definition) is 0. The molecule has 94 valence electrons. The van der Waals surface area contributed by atoms with Crippen LogP contribution in [0.1, 0.15) is 5.69 Å². The van der Waals surface area contributed by atoms with Gasteiger partial charge < -0.3 is 14.5 Å². The average molecular weight is 247 g/mol. The first kappa shape index (κ1) is 12.1. The zero-order chi connectivity index (χ0) is 13.0. The molecule has 0 atom stereocenters. The van der Waals surface area contributed by atoms with E-state index in [-0.39, 0.29) is 11.8 Å². The number of nitrogens with zero attached hydrogens (tertiary/aromatic N) is 5. The van der Waals surface area contributed by atoms with Gasteiger partial charge in [0.05, 0.1) is 18.9 Å². The minimum atomic E-state index is -0.269. The molecule has 1 aliphatic rings. The number of likely N-dealkylation sites (N-methyl/N-ethyl adjacent to an activating group) is 1. The predicted molar refractivity (Wildman–Crippen MR) is 62.9 cm³/mol. The Morgan fingerprint density at radius 1 is 1.56 bits per heavy atom. The van der Waals surface area contributed by atoms with E-state index in [0.717, 1.165) is 0 Å². The molecular weight excluding hydrogens is 234 g/mol. The lowest BCUT2D eigenvalue weighted by Crippen LogP contribution is -2.34. The molecule has 1 aromatic heterocycles. The third-order valence-corrected chi connectivity index (χ3v) is 2.69. The molecule has 7 heteroatoms. The highest BCUT2D eigenvalue weighted by Crippen LogP contribution is 2.08. The molecule has 0 aliphatic carbocycles. The van der Waals surface area contributed by atoms with Crippen molar-refractivity contribution in [2.45, 2.75) is 0 Å². The van der Waals surface area contributed by atoms with Gasteiger partial charge in [0.25, 0.3) is 0 Å². The second-order valence-corrected chi connectivity index (χ2v) is 3.89. The second kappa shape index (κ2) is 5.31. The Hall–Kier alpha value is -2.36. The fraction of sp³-hybridized carbons (Fsp3) is 0.455. The molecule has 0 spiro atoms. The number of nitriles is 1. The van der Waals surface area contributed by atoms with Gasteiger partial charge in [0.2, 0.25) is 0 Å². The molecule has 0 radical (unpaired) electrons. The van der Waals surface area contributed by atoms with Gasteiger partial charge in [-0.2, -0.15) is 5.26 Å². The zero-order valence-electron chi connectivity index (χ0n) is 10.0. The van der Waals surface area contributed by atoms with E-state index in [1.807, 2.05) is 18.0 Å². The Kier molecular flexibility index (Phi) is 3.57. The predicted octanol–water partition coefficient (Wildman–Crippen LogP) is 0.237. The van der Waals surface area contributed by atoms with Gasteiger partial charge in [0.1, 0.15) is 18.5 Å². The number of ether oxygens (including phenoxy) is 1. The number of rotatable bonds is 4. The summed E-state index contributed by atoms with van der Waals surface area (Å²) >= 11 is 0. The quantitative estimate of drug-likeness (QED) is 0.757. The number of aromatic nitrogens is 2. The highest BCUT2D eigenvalue weighted by Gasteiger charge is 2.21. The Balaban J connectivity index is 1.89. The molecule has 7 nitrogen and oxygen atoms in total. The number of cyclic esters (lactones) is 1. The van der Waals surface area contributed by atoms with Gasteiger partial charge in [-0.25, -0.2) is 14.8 Å². The summed E-state index contributed by atoms with van der Waals surface area (Å²) in [5, 5.41) is 8.62. The topological polar surface area (TPSA) is 82.4 Å². The van der Waals surface area contributed by atoms with Crippen molar-refractivity contribution in [2.75, 3.05) is 38.2 Å². The molecule has 1 fully saturated rings. The molecular formula is C11H13N5O2.